The molecule has 6 nitrogen and oxygen atoms in total. The molecule has 662 valence electrons. The van der Waals surface area contributed by atoms with E-state index in [9.17, 15) is 0 Å². The quantitative estimate of drug-likeness (QED) is 0.101. The molecule has 6 heteroatoms. The number of hydrogen-bond donors (Lipinski definition) is 0. The summed E-state index contributed by atoms with van der Waals surface area (Å²) in [7, 11) is 0. The van der Waals surface area contributed by atoms with E-state index in [2.05, 4.69) is 476 Å². The van der Waals surface area contributed by atoms with Gasteiger partial charge in [-0.15, -0.1) is 0 Å². The van der Waals surface area contributed by atoms with Gasteiger partial charge in [0.1, 0.15) is 0 Å². The third kappa shape index (κ3) is 16.3. The van der Waals surface area contributed by atoms with Gasteiger partial charge in [-0.2, -0.15) is 0 Å². The van der Waals surface area contributed by atoms with Gasteiger partial charge in [-0.25, -0.2) is 0 Å². The number of rotatable bonds is 14. The van der Waals surface area contributed by atoms with Crippen molar-refractivity contribution in [1.82, 2.24) is 29.9 Å². The lowest BCUT2D eigenvalue weighted by atomic mass is 9.84. The van der Waals surface area contributed by atoms with Crippen LogP contribution in [0.25, 0.3) is 264 Å². The first kappa shape index (κ1) is 84.8. The van der Waals surface area contributed by atoms with Crippen LogP contribution in [-0.2, 0) is 0 Å². The fourth-order valence-electron chi connectivity index (χ4n) is 21.0. The highest BCUT2D eigenvalue weighted by molar-refractivity contribution is 6.26. The van der Waals surface area contributed by atoms with Crippen molar-refractivity contribution < 1.29 is 0 Å². The summed E-state index contributed by atoms with van der Waals surface area (Å²) < 4.78 is 0. The Balaban J connectivity index is 0.000000114. The minimum Gasteiger partial charge on any atom is -0.264 e. The molecule has 0 N–H and O–H groups in total. The summed E-state index contributed by atoms with van der Waals surface area (Å²) >= 11 is 0. The van der Waals surface area contributed by atoms with Gasteiger partial charge in [-0.3, -0.25) is 29.9 Å². The van der Waals surface area contributed by atoms with Crippen LogP contribution in [0.15, 0.2) is 535 Å². The molecule has 0 saturated carbocycles. The summed E-state index contributed by atoms with van der Waals surface area (Å²) in [6.07, 6.45) is 16.8. The normalized spacial score (nSPS) is 11.4. The van der Waals surface area contributed by atoms with E-state index in [1.165, 1.54) is 197 Å². The number of hydrogen-bond acceptors (Lipinski definition) is 6. The molecular formula is C136H88N6. The second-order valence-electron chi connectivity index (χ2n) is 36.3. The SMILES string of the molecule is c1ccc(-c2c3ccccc3c(-c3ccc4ccccc4c3)c3cc(-c4ccc(-c5cccnc5)cn4)ccc23)cc1.c1ccc(-c2c3ccccc3c(-c3ccc4ccccc4c3)c3ccc(-c4ccc(-c5cccnc5)cn4)cc23)cc1.c1cncc(-c2ccc(-c3ccc4c(-c5ccc(-c6ccc7ccccc7c6)cc5)c5ccccc5c(-c5ccc(-c6ccc7ccccc7c6)cc5)c4c3)nc2)c1. The summed E-state index contributed by atoms with van der Waals surface area (Å²) in [6, 6.07) is 173. The summed E-state index contributed by atoms with van der Waals surface area (Å²) in [5.41, 5.74) is 32.0. The van der Waals surface area contributed by atoms with Crippen LogP contribution in [-0.4, -0.2) is 29.9 Å². The Kier molecular flexibility index (Phi) is 22.3. The Hall–Kier alpha value is -18.9. The second kappa shape index (κ2) is 37.3. The number of pyridine rings is 6. The molecule has 0 aliphatic rings. The molecule has 21 aromatic carbocycles. The molecule has 0 unspecified atom stereocenters. The standard InChI is InChI=1S/C56H36N2.2C40H26N2/c1-3-10-43-32-45(25-19-37(43)8-1)39-15-21-41(22-16-39)55-50-13-5-6-14-51(50)56(42-23-17-40(18-24-42)46-26-20-38-9-2-4-11-44(38)33-46)53-34-47(27-29-52(53)55)54-30-28-49(36-58-54)48-12-7-31-57-35-48;1-2-10-28(11-3-1)39-34-14-6-7-15-35(34)40(31-17-16-27-9-4-5-12-29(27)23-31)36-20-18-30(24-37(36)39)38-21-19-33(26-42-38)32-13-8-22-41-25-32;1-2-10-28(11-3-1)39-34-14-6-7-15-35(34)40(31-17-16-27-9-4-5-12-29(27)23-31)37-24-30(18-20-36(37)39)38-21-19-33(26-42-38)32-13-8-22-41-25-32/h1-36H;2*1-26H. The predicted octanol–water partition coefficient (Wildman–Crippen LogP) is 36.3. The first-order valence-corrected chi connectivity index (χ1v) is 48.2. The number of benzene rings is 21. The number of nitrogens with zero attached hydrogens (tertiary/aromatic N) is 6. The maximum absolute atomic E-state index is 4.97. The highest BCUT2D eigenvalue weighted by Crippen LogP contribution is 2.51. The van der Waals surface area contributed by atoms with Gasteiger partial charge in [0.05, 0.1) is 17.1 Å². The molecule has 0 atom stereocenters. The average Bonchev–Trinajstić information content (AvgIpc) is 0.734. The first-order chi connectivity index (χ1) is 70.4. The van der Waals surface area contributed by atoms with Crippen LogP contribution >= 0.6 is 0 Å². The molecule has 27 rings (SSSR count). The monoisotopic (exact) mass is 1800 g/mol. The van der Waals surface area contributed by atoms with Gasteiger partial charge in [-0.05, 0) is 276 Å². The fourth-order valence-corrected chi connectivity index (χ4v) is 21.0. The molecule has 0 fully saturated rings. The first-order valence-electron chi connectivity index (χ1n) is 48.2. The second-order valence-corrected chi connectivity index (χ2v) is 36.3. The van der Waals surface area contributed by atoms with E-state index >= 15 is 0 Å². The van der Waals surface area contributed by atoms with Crippen molar-refractivity contribution in [1.29, 1.82) is 0 Å². The Morgan fingerprint density at radius 2 is 0.310 bits per heavy atom. The third-order valence-electron chi connectivity index (χ3n) is 27.9. The van der Waals surface area contributed by atoms with Gasteiger partial charge in [0.2, 0.25) is 0 Å². The Morgan fingerprint density at radius 1 is 0.106 bits per heavy atom. The van der Waals surface area contributed by atoms with E-state index in [0.29, 0.717) is 0 Å². The van der Waals surface area contributed by atoms with E-state index in [4.69, 9.17) is 15.0 Å². The van der Waals surface area contributed by atoms with Gasteiger partial charge in [0.15, 0.2) is 0 Å². The number of aromatic nitrogens is 6. The minimum absolute atomic E-state index is 0.932. The van der Waals surface area contributed by atoms with E-state index in [1.54, 1.807) is 18.6 Å². The van der Waals surface area contributed by atoms with Crippen LogP contribution in [0.2, 0.25) is 0 Å². The zero-order valence-electron chi connectivity index (χ0n) is 77.5. The molecule has 142 heavy (non-hydrogen) atoms. The molecule has 0 spiro atoms. The third-order valence-corrected chi connectivity index (χ3v) is 27.9. The predicted molar refractivity (Wildman–Crippen MR) is 597 cm³/mol. The van der Waals surface area contributed by atoms with Gasteiger partial charge in [-0.1, -0.05) is 400 Å². The average molecular weight is 1810 g/mol. The van der Waals surface area contributed by atoms with Crippen LogP contribution in [0.3, 0.4) is 0 Å². The van der Waals surface area contributed by atoms with E-state index in [0.717, 1.165) is 67.2 Å². The fraction of sp³-hybridized carbons (Fsp3) is 0. The molecule has 0 saturated heterocycles. The highest BCUT2D eigenvalue weighted by Gasteiger charge is 2.24. The summed E-state index contributed by atoms with van der Waals surface area (Å²) in [5.74, 6) is 0. The van der Waals surface area contributed by atoms with Crippen LogP contribution in [0, 0.1) is 0 Å². The van der Waals surface area contributed by atoms with Crippen molar-refractivity contribution in [3.05, 3.63) is 535 Å². The molecule has 0 amide bonds. The maximum Gasteiger partial charge on any atom is 0.0702 e. The topological polar surface area (TPSA) is 77.3 Å². The highest BCUT2D eigenvalue weighted by atomic mass is 14.7. The molecule has 0 aliphatic heterocycles. The lowest BCUT2D eigenvalue weighted by Crippen LogP contribution is -1.93. The lowest BCUT2D eigenvalue weighted by molar-refractivity contribution is 1.30. The number of fused-ring (bicyclic) bond motifs is 10. The zero-order chi connectivity index (χ0) is 94.2. The van der Waals surface area contributed by atoms with Crippen molar-refractivity contribution in [2.45, 2.75) is 0 Å². The molecule has 27 aromatic rings. The van der Waals surface area contributed by atoms with Crippen LogP contribution in [0.1, 0.15) is 0 Å². The lowest BCUT2D eigenvalue weighted by Gasteiger charge is -2.19. The van der Waals surface area contributed by atoms with Crippen molar-refractivity contribution in [3.63, 3.8) is 0 Å². The largest absolute Gasteiger partial charge is 0.264 e. The molecular weight excluding hydrogens is 1720 g/mol. The van der Waals surface area contributed by atoms with Gasteiger partial charge >= 0.3 is 0 Å². The van der Waals surface area contributed by atoms with Gasteiger partial charge < -0.3 is 0 Å². The Morgan fingerprint density at radius 3 is 0.599 bits per heavy atom. The summed E-state index contributed by atoms with van der Waals surface area (Å²) in [6.45, 7) is 0. The van der Waals surface area contributed by atoms with Crippen LogP contribution < -0.4 is 0 Å². The van der Waals surface area contributed by atoms with Crippen molar-refractivity contribution in [2.75, 3.05) is 0 Å². The van der Waals surface area contributed by atoms with E-state index < -0.39 is 0 Å². The zero-order valence-corrected chi connectivity index (χ0v) is 77.5. The smallest absolute Gasteiger partial charge is 0.0702 e. The summed E-state index contributed by atoms with van der Waals surface area (Å²) in [5, 5.41) is 24.7. The van der Waals surface area contributed by atoms with E-state index in [-0.39, 0.29) is 0 Å². The summed E-state index contributed by atoms with van der Waals surface area (Å²) in [4.78, 5) is 27.6. The van der Waals surface area contributed by atoms with Gasteiger partial charge in [0, 0.05) is 106 Å². The van der Waals surface area contributed by atoms with Crippen molar-refractivity contribution >= 4 is 108 Å². The molecule has 6 aromatic heterocycles. The molecule has 0 radical (unpaired) electrons. The van der Waals surface area contributed by atoms with Crippen molar-refractivity contribution in [2.24, 2.45) is 0 Å². The Bertz CT molecular complexity index is 9450. The van der Waals surface area contributed by atoms with E-state index in [1.807, 2.05) is 55.4 Å². The minimum atomic E-state index is 0.932. The molecule has 0 aliphatic carbocycles. The molecule has 0 bridgehead atoms. The van der Waals surface area contributed by atoms with Crippen LogP contribution in [0.5, 0.6) is 0 Å². The Labute approximate surface area is 822 Å². The maximum atomic E-state index is 4.97. The van der Waals surface area contributed by atoms with Crippen molar-refractivity contribution in [3.8, 4) is 156 Å². The molecule has 6 heterocycles. The van der Waals surface area contributed by atoms with Crippen LogP contribution in [0.4, 0.5) is 0 Å². The van der Waals surface area contributed by atoms with Gasteiger partial charge in [0.25, 0.3) is 0 Å².